The molecule has 0 heterocycles. The molecule has 1 unspecified atom stereocenters. The lowest BCUT2D eigenvalue weighted by Gasteiger charge is -2.26. The lowest BCUT2D eigenvalue weighted by molar-refractivity contribution is -0.131. The van der Waals surface area contributed by atoms with Gasteiger partial charge in [-0.25, -0.2) is 8.42 Å². The number of nitrogens with zero attached hydrogens (tertiary/aromatic N) is 3. The summed E-state index contributed by atoms with van der Waals surface area (Å²) in [6.45, 7) is 2.61. The first-order chi connectivity index (χ1) is 10.7. The van der Waals surface area contributed by atoms with Gasteiger partial charge in [-0.05, 0) is 31.7 Å². The van der Waals surface area contributed by atoms with E-state index in [1.807, 2.05) is 24.9 Å². The quantitative estimate of drug-likeness (QED) is 0.752. The zero-order chi connectivity index (χ0) is 17.6. The van der Waals surface area contributed by atoms with Crippen molar-refractivity contribution in [3.8, 4) is 6.07 Å². The van der Waals surface area contributed by atoms with Crippen LogP contribution in [0.2, 0.25) is 0 Å². The summed E-state index contributed by atoms with van der Waals surface area (Å²) in [4.78, 5) is 15.8. The third-order valence-electron chi connectivity index (χ3n) is 3.82. The maximum absolute atomic E-state index is 12.1. The molecule has 1 rings (SSSR count). The molecule has 0 aromatic heterocycles. The summed E-state index contributed by atoms with van der Waals surface area (Å²) in [5.41, 5.74) is 0.937. The molecule has 0 bridgehead atoms. The number of hydrogen-bond donors (Lipinski definition) is 0. The van der Waals surface area contributed by atoms with Crippen molar-refractivity contribution in [2.45, 2.75) is 24.3 Å². The van der Waals surface area contributed by atoms with E-state index in [0.717, 1.165) is 5.56 Å². The second kappa shape index (κ2) is 8.09. The monoisotopic (exact) mass is 337 g/mol. The molecule has 6 nitrogen and oxygen atoms in total. The summed E-state index contributed by atoms with van der Waals surface area (Å²) in [5, 5.41) is 8.55. The average molecular weight is 337 g/mol. The Kier molecular flexibility index (Phi) is 6.73. The van der Waals surface area contributed by atoms with E-state index in [1.165, 1.54) is 6.26 Å². The molecule has 7 heteroatoms. The topological polar surface area (TPSA) is 81.5 Å². The van der Waals surface area contributed by atoms with Gasteiger partial charge in [0, 0.05) is 25.9 Å². The molecule has 1 amide bonds. The fourth-order valence-corrected chi connectivity index (χ4v) is 2.69. The summed E-state index contributed by atoms with van der Waals surface area (Å²) < 4.78 is 22.9. The Labute approximate surface area is 138 Å². The van der Waals surface area contributed by atoms with Crippen molar-refractivity contribution in [3.05, 3.63) is 29.8 Å². The van der Waals surface area contributed by atoms with Crippen LogP contribution in [0.5, 0.6) is 0 Å². The van der Waals surface area contributed by atoms with Gasteiger partial charge in [0.15, 0.2) is 9.84 Å². The van der Waals surface area contributed by atoms with Crippen LogP contribution in [-0.4, -0.2) is 57.6 Å². The number of hydrogen-bond acceptors (Lipinski definition) is 5. The number of carbonyl (C=O) groups excluding carboxylic acids is 1. The number of amides is 1. The molecular weight excluding hydrogens is 314 g/mol. The van der Waals surface area contributed by atoms with Crippen molar-refractivity contribution < 1.29 is 13.2 Å². The number of carbonyl (C=O) groups is 1. The summed E-state index contributed by atoms with van der Waals surface area (Å²) in [6.07, 6.45) is 1.49. The molecule has 0 radical (unpaired) electrons. The number of nitriles is 1. The van der Waals surface area contributed by atoms with Crippen LogP contribution in [0.15, 0.2) is 29.2 Å². The highest BCUT2D eigenvalue weighted by atomic mass is 32.2. The van der Waals surface area contributed by atoms with Crippen LogP contribution in [-0.2, 0) is 14.6 Å². The van der Waals surface area contributed by atoms with Gasteiger partial charge in [-0.15, -0.1) is 0 Å². The summed E-state index contributed by atoms with van der Waals surface area (Å²) >= 11 is 0. The highest BCUT2D eigenvalue weighted by Gasteiger charge is 2.17. The molecule has 0 aliphatic heterocycles. The number of rotatable bonds is 7. The number of benzene rings is 1. The van der Waals surface area contributed by atoms with Crippen LogP contribution in [0, 0.1) is 11.3 Å². The van der Waals surface area contributed by atoms with Gasteiger partial charge in [-0.3, -0.25) is 9.69 Å². The van der Waals surface area contributed by atoms with Crippen molar-refractivity contribution in [2.75, 3.05) is 33.4 Å². The average Bonchev–Trinajstić information content (AvgIpc) is 2.50. The Morgan fingerprint density at radius 1 is 1.26 bits per heavy atom. The lowest BCUT2D eigenvalue weighted by Crippen LogP contribution is -2.38. The minimum absolute atomic E-state index is 0.0306. The molecule has 126 valence electrons. The normalized spacial score (nSPS) is 12.7. The van der Waals surface area contributed by atoms with Crippen LogP contribution >= 0.6 is 0 Å². The minimum Gasteiger partial charge on any atom is -0.344 e. The minimum atomic E-state index is -3.21. The summed E-state index contributed by atoms with van der Waals surface area (Å²) in [7, 11) is 0.313. The molecule has 1 atom stereocenters. The van der Waals surface area contributed by atoms with Gasteiger partial charge in [-0.2, -0.15) is 5.26 Å². The van der Waals surface area contributed by atoms with Gasteiger partial charge < -0.3 is 4.90 Å². The van der Waals surface area contributed by atoms with Gasteiger partial charge in [0.1, 0.15) is 0 Å². The molecule has 0 saturated carbocycles. The highest BCUT2D eigenvalue weighted by Crippen LogP contribution is 2.20. The molecule has 0 spiro atoms. The van der Waals surface area contributed by atoms with Gasteiger partial charge in [-0.1, -0.05) is 12.1 Å². The molecule has 23 heavy (non-hydrogen) atoms. The van der Waals surface area contributed by atoms with E-state index in [9.17, 15) is 13.2 Å². The molecule has 1 aromatic rings. The standard InChI is InChI=1S/C16H23N3O3S/c1-13(14-6-8-15(9-7-14)23(4,21)22)19(3)12-16(20)18(2)11-5-10-17/h6-9,13H,5,11-12H2,1-4H3. The molecule has 0 aliphatic rings. The van der Waals surface area contributed by atoms with Crippen molar-refractivity contribution in [3.63, 3.8) is 0 Å². The van der Waals surface area contributed by atoms with Gasteiger partial charge >= 0.3 is 0 Å². The largest absolute Gasteiger partial charge is 0.344 e. The maximum Gasteiger partial charge on any atom is 0.236 e. The molecule has 1 aromatic carbocycles. The van der Waals surface area contributed by atoms with Crippen LogP contribution in [0.1, 0.15) is 24.9 Å². The van der Waals surface area contributed by atoms with Crippen LogP contribution in [0.3, 0.4) is 0 Å². The predicted octanol–water partition coefficient (Wildman–Crippen LogP) is 1.45. The van der Waals surface area contributed by atoms with Gasteiger partial charge in [0.2, 0.25) is 5.91 Å². The number of likely N-dealkylation sites (N-methyl/N-ethyl adjacent to an activating group) is 2. The van der Waals surface area contributed by atoms with E-state index in [-0.39, 0.29) is 23.4 Å². The Hall–Kier alpha value is -1.91. The second-order valence-electron chi connectivity index (χ2n) is 5.66. The van der Waals surface area contributed by atoms with Crippen molar-refractivity contribution in [1.29, 1.82) is 5.26 Å². The molecule has 0 saturated heterocycles. The first-order valence-corrected chi connectivity index (χ1v) is 9.17. The SMILES string of the molecule is CC(c1ccc(S(C)(=O)=O)cc1)N(C)CC(=O)N(C)CCC#N. The zero-order valence-corrected chi connectivity index (χ0v) is 14.8. The van der Waals surface area contributed by atoms with E-state index in [0.29, 0.717) is 13.0 Å². The maximum atomic E-state index is 12.1. The zero-order valence-electron chi connectivity index (χ0n) is 14.0. The Morgan fingerprint density at radius 3 is 2.30 bits per heavy atom. The second-order valence-corrected chi connectivity index (χ2v) is 7.67. The Morgan fingerprint density at radius 2 is 1.83 bits per heavy atom. The van der Waals surface area contributed by atoms with Crippen molar-refractivity contribution in [2.24, 2.45) is 0 Å². The van der Waals surface area contributed by atoms with Gasteiger partial charge in [0.05, 0.1) is 23.9 Å². The molecule has 0 fully saturated rings. The Balaban J connectivity index is 2.71. The fraction of sp³-hybridized carbons (Fsp3) is 0.500. The summed E-state index contributed by atoms with van der Waals surface area (Å²) in [6, 6.07) is 8.67. The Bertz CT molecular complexity index is 678. The van der Waals surface area contributed by atoms with Gasteiger partial charge in [0.25, 0.3) is 0 Å². The molecule has 0 aliphatic carbocycles. The van der Waals surface area contributed by atoms with E-state index < -0.39 is 9.84 Å². The fourth-order valence-electron chi connectivity index (χ4n) is 2.06. The van der Waals surface area contributed by atoms with Crippen LogP contribution in [0.4, 0.5) is 0 Å². The van der Waals surface area contributed by atoms with Crippen molar-refractivity contribution in [1.82, 2.24) is 9.80 Å². The predicted molar refractivity (Wildman–Crippen MR) is 88.5 cm³/mol. The summed E-state index contributed by atoms with van der Waals surface area (Å²) in [5.74, 6) is -0.0534. The third kappa shape index (κ3) is 5.66. The molecular formula is C16H23N3O3S. The van der Waals surface area contributed by atoms with E-state index in [2.05, 4.69) is 0 Å². The highest BCUT2D eigenvalue weighted by molar-refractivity contribution is 7.90. The van der Waals surface area contributed by atoms with E-state index in [1.54, 1.807) is 36.2 Å². The van der Waals surface area contributed by atoms with E-state index in [4.69, 9.17) is 5.26 Å². The third-order valence-corrected chi connectivity index (χ3v) is 4.95. The first kappa shape index (κ1) is 19.1. The smallest absolute Gasteiger partial charge is 0.236 e. The lowest BCUT2D eigenvalue weighted by atomic mass is 10.1. The molecule has 0 N–H and O–H groups in total. The van der Waals surface area contributed by atoms with Crippen LogP contribution < -0.4 is 0 Å². The van der Waals surface area contributed by atoms with Crippen LogP contribution in [0.25, 0.3) is 0 Å². The number of sulfone groups is 1. The van der Waals surface area contributed by atoms with E-state index >= 15 is 0 Å². The van der Waals surface area contributed by atoms with Crippen molar-refractivity contribution >= 4 is 15.7 Å². The first-order valence-electron chi connectivity index (χ1n) is 7.28.